The van der Waals surface area contributed by atoms with Gasteiger partial charge in [-0.05, 0) is 0 Å². The number of rotatable bonds is 0. The van der Waals surface area contributed by atoms with Crippen molar-refractivity contribution >= 4 is 26.4 Å². The summed E-state index contributed by atoms with van der Waals surface area (Å²) in [6.07, 6.45) is 0. The fourth-order valence-corrected chi connectivity index (χ4v) is 0. The van der Waals surface area contributed by atoms with Crippen molar-refractivity contribution in [1.82, 2.24) is 5.43 Å². The van der Waals surface area contributed by atoms with Crippen LogP contribution in [0.1, 0.15) is 0 Å². The molecule has 0 atom stereocenters. The van der Waals surface area contributed by atoms with Crippen molar-refractivity contribution in [2.75, 3.05) is 0 Å². The van der Waals surface area contributed by atoms with Crippen LogP contribution in [0, 0.1) is 5.41 Å². The minimum atomic E-state index is 0.252. The third-order valence-corrected chi connectivity index (χ3v) is 0.438. The molecule has 4 N–H and O–H groups in total. The van der Waals surface area contributed by atoms with Crippen molar-refractivity contribution in [3.8, 4) is 0 Å². The van der Waals surface area contributed by atoms with Crippen LogP contribution in [-0.4, -0.2) is 3.84 Å². The lowest BCUT2D eigenvalue weighted by Crippen LogP contribution is -2.23. The van der Waals surface area contributed by atoms with E-state index in [0.29, 0.717) is 0 Å². The molecule has 0 bridgehead atoms. The van der Waals surface area contributed by atoms with Gasteiger partial charge in [-0.25, -0.2) is 5.84 Å². The minimum absolute atomic E-state index is 0.252. The average Bonchev–Trinajstić information content (AvgIpc) is 1.38. The molecule has 0 heterocycles. The first-order valence-electron chi connectivity index (χ1n) is 0.978. The fourth-order valence-electron chi connectivity index (χ4n) is 0. The Morgan fingerprint density at radius 3 is 2.20 bits per heavy atom. The van der Waals surface area contributed by atoms with Crippen molar-refractivity contribution in [2.24, 2.45) is 5.84 Å². The fraction of sp³-hybridized carbons (Fsp3) is 0. The molecule has 0 aromatic carbocycles. The first kappa shape index (κ1) is 5.16. The van der Waals surface area contributed by atoms with Gasteiger partial charge in [0, 0.05) is 22.6 Å². The summed E-state index contributed by atoms with van der Waals surface area (Å²) in [6, 6.07) is 0. The van der Waals surface area contributed by atoms with Crippen LogP contribution in [0.4, 0.5) is 0 Å². The summed E-state index contributed by atoms with van der Waals surface area (Å²) in [5.74, 6) is 4.69. The van der Waals surface area contributed by atoms with E-state index in [9.17, 15) is 0 Å². The van der Waals surface area contributed by atoms with Gasteiger partial charge >= 0.3 is 0 Å². The van der Waals surface area contributed by atoms with Gasteiger partial charge in [0.1, 0.15) is 0 Å². The van der Waals surface area contributed by atoms with Gasteiger partial charge in [0.15, 0.2) is 3.84 Å². The van der Waals surface area contributed by atoms with Crippen LogP contribution >= 0.6 is 22.6 Å². The van der Waals surface area contributed by atoms with Crippen LogP contribution in [0.2, 0.25) is 0 Å². The van der Waals surface area contributed by atoms with Crippen molar-refractivity contribution < 1.29 is 0 Å². The third kappa shape index (κ3) is 4.16. The van der Waals surface area contributed by atoms with Crippen molar-refractivity contribution in [1.29, 1.82) is 5.41 Å². The Hall–Kier alpha value is 0.160. The molecule has 0 rings (SSSR count). The molecule has 0 fully saturated rings. The number of hydrogen-bond acceptors (Lipinski definition) is 2. The van der Waals surface area contributed by atoms with Gasteiger partial charge in [0.25, 0.3) is 0 Å². The Morgan fingerprint density at radius 2 is 2.20 bits per heavy atom. The molecule has 0 amide bonds. The van der Waals surface area contributed by atoms with Gasteiger partial charge in [0.05, 0.1) is 0 Å². The summed E-state index contributed by atoms with van der Waals surface area (Å²) in [5, 5.41) is 6.49. The maximum absolute atomic E-state index is 6.49. The third-order valence-electron chi connectivity index (χ3n) is 0.127. The Labute approximate surface area is 43.5 Å². The highest BCUT2D eigenvalue weighted by Gasteiger charge is 1.69. The molecule has 0 aliphatic carbocycles. The van der Waals surface area contributed by atoms with Crippen LogP contribution < -0.4 is 11.3 Å². The van der Waals surface area contributed by atoms with Crippen LogP contribution in [0.25, 0.3) is 0 Å². The number of hydrogen-bond donors (Lipinski definition) is 3. The van der Waals surface area contributed by atoms with Crippen molar-refractivity contribution in [2.45, 2.75) is 0 Å². The molecule has 0 saturated carbocycles. The quantitative estimate of drug-likeness (QED) is 0.122. The minimum Gasteiger partial charge on any atom is -0.304 e. The zero-order valence-corrected chi connectivity index (χ0v) is 4.61. The SMILES string of the molecule is N=C(I)NN. The molecule has 30 valence electrons. The molecule has 0 aliphatic heterocycles. The number of nitrogens with one attached hydrogen (secondary N) is 2. The largest absolute Gasteiger partial charge is 0.304 e. The van der Waals surface area contributed by atoms with E-state index in [-0.39, 0.29) is 3.84 Å². The molecule has 0 aromatic rings. The molecule has 0 aliphatic rings. The maximum atomic E-state index is 6.49. The lowest BCUT2D eigenvalue weighted by atomic mass is 11.4. The van der Waals surface area contributed by atoms with E-state index in [4.69, 9.17) is 5.41 Å². The molecule has 5 heavy (non-hydrogen) atoms. The standard InChI is InChI=1S/CH4IN3/c2-1(3)5-4/h4H2,(H2,3,5). The average molecular weight is 185 g/mol. The van der Waals surface area contributed by atoms with Gasteiger partial charge in [0.2, 0.25) is 0 Å². The Balaban J connectivity index is 2.85. The molecular weight excluding hydrogens is 181 g/mol. The van der Waals surface area contributed by atoms with Crippen molar-refractivity contribution in [3.05, 3.63) is 0 Å². The second kappa shape index (κ2) is 2.40. The molecule has 0 radical (unpaired) electrons. The molecule has 0 unspecified atom stereocenters. The highest BCUT2D eigenvalue weighted by Crippen LogP contribution is 1.72. The van der Waals surface area contributed by atoms with E-state index in [1.54, 1.807) is 22.6 Å². The van der Waals surface area contributed by atoms with Gasteiger partial charge < -0.3 is 5.43 Å². The summed E-state index contributed by atoms with van der Waals surface area (Å²) in [7, 11) is 0. The van der Waals surface area contributed by atoms with E-state index >= 15 is 0 Å². The molecule has 3 nitrogen and oxygen atoms in total. The second-order valence-electron chi connectivity index (χ2n) is 0.458. The van der Waals surface area contributed by atoms with Gasteiger partial charge in [-0.15, -0.1) is 0 Å². The Morgan fingerprint density at radius 1 is 2.00 bits per heavy atom. The monoisotopic (exact) mass is 185 g/mol. The van der Waals surface area contributed by atoms with Crippen LogP contribution in [0.3, 0.4) is 0 Å². The highest BCUT2D eigenvalue weighted by molar-refractivity contribution is 14.1. The molecular formula is CH4IN3. The first-order chi connectivity index (χ1) is 2.27. The van der Waals surface area contributed by atoms with E-state index in [1.807, 2.05) is 0 Å². The molecule has 4 heteroatoms. The molecule has 0 aromatic heterocycles. The predicted molar refractivity (Wildman–Crippen MR) is 29.1 cm³/mol. The first-order valence-corrected chi connectivity index (χ1v) is 2.06. The maximum Gasteiger partial charge on any atom is 0.171 e. The second-order valence-corrected chi connectivity index (χ2v) is 1.54. The van der Waals surface area contributed by atoms with Crippen LogP contribution in [0.15, 0.2) is 0 Å². The van der Waals surface area contributed by atoms with E-state index in [1.165, 1.54) is 0 Å². The summed E-state index contributed by atoms with van der Waals surface area (Å²) in [6.45, 7) is 0. The van der Waals surface area contributed by atoms with Gasteiger partial charge in [-0.3, -0.25) is 5.41 Å². The molecule has 0 saturated heterocycles. The zero-order valence-electron chi connectivity index (χ0n) is 2.46. The zero-order chi connectivity index (χ0) is 4.28. The number of nitrogens with two attached hydrogens (primary N) is 1. The summed E-state index contributed by atoms with van der Waals surface area (Å²) < 4.78 is 0.252. The smallest absolute Gasteiger partial charge is 0.171 e. The normalized spacial score (nSPS) is 6.80. The molecule has 0 spiro atoms. The number of halogens is 1. The number of amidine groups is 1. The van der Waals surface area contributed by atoms with E-state index < -0.39 is 0 Å². The highest BCUT2D eigenvalue weighted by atomic mass is 127. The van der Waals surface area contributed by atoms with E-state index in [0.717, 1.165) is 0 Å². The van der Waals surface area contributed by atoms with Crippen molar-refractivity contribution in [3.63, 3.8) is 0 Å². The number of hydrazine groups is 1. The van der Waals surface area contributed by atoms with Crippen LogP contribution in [0.5, 0.6) is 0 Å². The lowest BCUT2D eigenvalue weighted by molar-refractivity contribution is 1.04. The Kier molecular flexibility index (Phi) is 2.48. The van der Waals surface area contributed by atoms with Gasteiger partial charge in [-0.1, -0.05) is 0 Å². The Bertz CT molecular complexity index is 42.2. The predicted octanol–water partition coefficient (Wildman–Crippen LogP) is -0.181. The van der Waals surface area contributed by atoms with Gasteiger partial charge in [-0.2, -0.15) is 0 Å². The van der Waals surface area contributed by atoms with Crippen LogP contribution in [-0.2, 0) is 0 Å². The lowest BCUT2D eigenvalue weighted by Gasteiger charge is -1.83. The topological polar surface area (TPSA) is 61.9 Å². The summed E-state index contributed by atoms with van der Waals surface area (Å²) in [4.78, 5) is 0. The summed E-state index contributed by atoms with van der Waals surface area (Å²) in [5.41, 5.74) is 2.10. The summed E-state index contributed by atoms with van der Waals surface area (Å²) >= 11 is 1.75. The van der Waals surface area contributed by atoms with E-state index in [2.05, 4.69) is 11.3 Å².